The van der Waals surface area contributed by atoms with Crippen LogP contribution in [-0.4, -0.2) is 51.8 Å². The van der Waals surface area contributed by atoms with Gasteiger partial charge in [0, 0.05) is 33.4 Å². The molecule has 114 valence electrons. The molecule has 0 aromatic heterocycles. The molecule has 1 aliphatic rings. The van der Waals surface area contributed by atoms with Crippen molar-refractivity contribution in [3.05, 3.63) is 0 Å². The SMILES string of the molecule is CCNCC1(CN(C)CCCOC)CCC(C)CC1. The van der Waals surface area contributed by atoms with Crippen LogP contribution in [0.4, 0.5) is 0 Å². The van der Waals surface area contributed by atoms with Gasteiger partial charge in [0.2, 0.25) is 0 Å². The number of ether oxygens (including phenoxy) is 1. The summed E-state index contributed by atoms with van der Waals surface area (Å²) in [6.07, 6.45) is 6.71. The maximum Gasteiger partial charge on any atom is 0.0474 e. The lowest BCUT2D eigenvalue weighted by molar-refractivity contribution is 0.0931. The van der Waals surface area contributed by atoms with Crippen LogP contribution in [0.15, 0.2) is 0 Å². The lowest BCUT2D eigenvalue weighted by atomic mass is 9.70. The van der Waals surface area contributed by atoms with Crippen LogP contribution in [0.2, 0.25) is 0 Å². The van der Waals surface area contributed by atoms with Gasteiger partial charge in [0.15, 0.2) is 0 Å². The molecule has 0 amide bonds. The molecule has 3 nitrogen and oxygen atoms in total. The van der Waals surface area contributed by atoms with Crippen molar-refractivity contribution < 1.29 is 4.74 Å². The van der Waals surface area contributed by atoms with Crippen LogP contribution in [0.1, 0.15) is 46.0 Å². The molecule has 1 rings (SSSR count). The van der Waals surface area contributed by atoms with E-state index in [1.54, 1.807) is 7.11 Å². The first kappa shape index (κ1) is 16.9. The first-order chi connectivity index (χ1) is 9.12. The van der Waals surface area contributed by atoms with E-state index in [0.29, 0.717) is 5.41 Å². The minimum absolute atomic E-state index is 0.504. The molecule has 0 atom stereocenters. The zero-order valence-electron chi connectivity index (χ0n) is 13.5. The molecule has 19 heavy (non-hydrogen) atoms. The zero-order chi connectivity index (χ0) is 14.1. The lowest BCUT2D eigenvalue weighted by Crippen LogP contribution is -2.45. The van der Waals surface area contributed by atoms with Crippen molar-refractivity contribution >= 4 is 0 Å². The molecule has 0 spiro atoms. The summed E-state index contributed by atoms with van der Waals surface area (Å²) < 4.78 is 5.15. The van der Waals surface area contributed by atoms with Crippen molar-refractivity contribution in [3.63, 3.8) is 0 Å². The van der Waals surface area contributed by atoms with Crippen LogP contribution in [0.25, 0.3) is 0 Å². The predicted octanol–water partition coefficient (Wildman–Crippen LogP) is 2.76. The van der Waals surface area contributed by atoms with E-state index in [1.807, 2.05) is 0 Å². The Kier molecular flexibility index (Phi) is 7.96. The highest BCUT2D eigenvalue weighted by molar-refractivity contribution is 4.88. The van der Waals surface area contributed by atoms with Crippen LogP contribution in [0.3, 0.4) is 0 Å². The zero-order valence-corrected chi connectivity index (χ0v) is 13.5. The second-order valence-electron chi connectivity index (χ2n) is 6.55. The van der Waals surface area contributed by atoms with E-state index in [4.69, 9.17) is 4.74 Å². The van der Waals surface area contributed by atoms with Gasteiger partial charge in [0.05, 0.1) is 0 Å². The Morgan fingerprint density at radius 3 is 2.58 bits per heavy atom. The molecule has 0 bridgehead atoms. The Labute approximate surface area is 120 Å². The largest absolute Gasteiger partial charge is 0.385 e. The molecule has 0 aromatic carbocycles. The van der Waals surface area contributed by atoms with Crippen LogP contribution in [-0.2, 0) is 4.74 Å². The van der Waals surface area contributed by atoms with Gasteiger partial charge in [-0.15, -0.1) is 0 Å². The molecule has 1 fully saturated rings. The summed E-state index contributed by atoms with van der Waals surface area (Å²) >= 11 is 0. The topological polar surface area (TPSA) is 24.5 Å². The molecular weight excluding hydrogens is 236 g/mol. The molecule has 1 N–H and O–H groups in total. The lowest BCUT2D eigenvalue weighted by Gasteiger charge is -2.42. The van der Waals surface area contributed by atoms with E-state index >= 15 is 0 Å². The third-order valence-electron chi connectivity index (χ3n) is 4.58. The van der Waals surface area contributed by atoms with Crippen LogP contribution < -0.4 is 5.32 Å². The third-order valence-corrected chi connectivity index (χ3v) is 4.58. The molecular formula is C16H34N2O. The van der Waals surface area contributed by atoms with Crippen molar-refractivity contribution in [1.29, 1.82) is 0 Å². The molecule has 0 saturated heterocycles. The Bertz CT molecular complexity index is 219. The highest BCUT2D eigenvalue weighted by Gasteiger charge is 2.34. The van der Waals surface area contributed by atoms with Crippen molar-refractivity contribution in [2.45, 2.75) is 46.0 Å². The van der Waals surface area contributed by atoms with E-state index in [1.165, 1.54) is 38.8 Å². The maximum absolute atomic E-state index is 5.15. The molecule has 0 radical (unpaired) electrons. The number of hydrogen-bond acceptors (Lipinski definition) is 3. The second kappa shape index (κ2) is 8.93. The van der Waals surface area contributed by atoms with E-state index in [9.17, 15) is 0 Å². The Balaban J connectivity index is 2.44. The van der Waals surface area contributed by atoms with E-state index < -0.39 is 0 Å². The molecule has 0 heterocycles. The smallest absolute Gasteiger partial charge is 0.0474 e. The normalized spacial score (nSPS) is 27.9. The van der Waals surface area contributed by atoms with Crippen molar-refractivity contribution in [1.82, 2.24) is 10.2 Å². The minimum Gasteiger partial charge on any atom is -0.385 e. The van der Waals surface area contributed by atoms with Crippen molar-refractivity contribution in [2.24, 2.45) is 11.3 Å². The van der Waals surface area contributed by atoms with Gasteiger partial charge in [-0.1, -0.05) is 26.7 Å². The van der Waals surface area contributed by atoms with Gasteiger partial charge < -0.3 is 15.0 Å². The standard InChI is InChI=1S/C16H34N2O/c1-5-17-13-16(9-7-15(2)8-10-16)14-18(3)11-6-12-19-4/h15,17H,5-14H2,1-4H3. The van der Waals surface area contributed by atoms with E-state index in [2.05, 4.69) is 31.1 Å². The van der Waals surface area contributed by atoms with Gasteiger partial charge in [-0.25, -0.2) is 0 Å². The maximum atomic E-state index is 5.15. The fourth-order valence-electron chi connectivity index (χ4n) is 3.29. The summed E-state index contributed by atoms with van der Waals surface area (Å²) in [6, 6.07) is 0. The molecule has 0 aromatic rings. The van der Waals surface area contributed by atoms with Gasteiger partial charge in [-0.3, -0.25) is 0 Å². The summed E-state index contributed by atoms with van der Waals surface area (Å²) in [5, 5.41) is 3.59. The highest BCUT2D eigenvalue weighted by atomic mass is 16.5. The second-order valence-corrected chi connectivity index (χ2v) is 6.55. The molecule has 1 saturated carbocycles. The van der Waals surface area contributed by atoms with Gasteiger partial charge in [0.1, 0.15) is 0 Å². The summed E-state index contributed by atoms with van der Waals surface area (Å²) in [5.41, 5.74) is 0.504. The average Bonchev–Trinajstić information content (AvgIpc) is 2.40. The molecule has 0 unspecified atom stereocenters. The van der Waals surface area contributed by atoms with Gasteiger partial charge in [-0.05, 0) is 44.2 Å². The van der Waals surface area contributed by atoms with Gasteiger partial charge in [-0.2, -0.15) is 0 Å². The number of rotatable bonds is 9. The predicted molar refractivity (Wildman–Crippen MR) is 82.6 cm³/mol. The first-order valence-electron chi connectivity index (χ1n) is 8.00. The Morgan fingerprint density at radius 2 is 2.00 bits per heavy atom. The quantitative estimate of drug-likeness (QED) is 0.652. The number of nitrogens with zero attached hydrogens (tertiary/aromatic N) is 1. The van der Waals surface area contributed by atoms with Crippen LogP contribution in [0, 0.1) is 11.3 Å². The molecule has 0 aliphatic heterocycles. The van der Waals surface area contributed by atoms with Gasteiger partial charge in [0.25, 0.3) is 0 Å². The Hall–Kier alpha value is -0.120. The van der Waals surface area contributed by atoms with Crippen LogP contribution in [0.5, 0.6) is 0 Å². The fraction of sp³-hybridized carbons (Fsp3) is 1.00. The monoisotopic (exact) mass is 270 g/mol. The molecule has 3 heteroatoms. The number of methoxy groups -OCH3 is 1. The van der Waals surface area contributed by atoms with Gasteiger partial charge >= 0.3 is 0 Å². The third kappa shape index (κ3) is 6.24. The summed E-state index contributed by atoms with van der Waals surface area (Å²) in [4.78, 5) is 2.51. The average molecular weight is 270 g/mol. The first-order valence-corrected chi connectivity index (χ1v) is 8.00. The Morgan fingerprint density at radius 1 is 1.32 bits per heavy atom. The van der Waals surface area contributed by atoms with Crippen molar-refractivity contribution in [3.8, 4) is 0 Å². The number of hydrogen-bond donors (Lipinski definition) is 1. The van der Waals surface area contributed by atoms with E-state index in [-0.39, 0.29) is 0 Å². The fourth-order valence-corrected chi connectivity index (χ4v) is 3.29. The van der Waals surface area contributed by atoms with Crippen LogP contribution >= 0.6 is 0 Å². The van der Waals surface area contributed by atoms with Crippen molar-refractivity contribution in [2.75, 3.05) is 46.9 Å². The number of nitrogens with one attached hydrogen (secondary N) is 1. The molecule has 1 aliphatic carbocycles. The van der Waals surface area contributed by atoms with E-state index in [0.717, 1.165) is 32.0 Å². The minimum atomic E-state index is 0.504. The summed E-state index contributed by atoms with van der Waals surface area (Å²) in [5.74, 6) is 0.925. The highest BCUT2D eigenvalue weighted by Crippen LogP contribution is 2.39. The summed E-state index contributed by atoms with van der Waals surface area (Å²) in [7, 11) is 4.05. The summed E-state index contributed by atoms with van der Waals surface area (Å²) in [6.45, 7) is 10.1.